The first kappa shape index (κ1) is 21.4. The van der Waals surface area contributed by atoms with E-state index in [0.717, 1.165) is 52.3 Å². The van der Waals surface area contributed by atoms with Crippen LogP contribution in [-0.4, -0.2) is 27.7 Å². The molecule has 1 heterocycles. The Bertz CT molecular complexity index is 940. The Hall–Kier alpha value is -2.31. The Labute approximate surface area is 181 Å². The second kappa shape index (κ2) is 11.0. The molecule has 0 aliphatic rings. The van der Waals surface area contributed by atoms with Gasteiger partial charge in [-0.05, 0) is 42.7 Å². The van der Waals surface area contributed by atoms with Gasteiger partial charge in [0, 0.05) is 22.8 Å². The molecular weight excluding hydrogens is 404 g/mol. The lowest BCUT2D eigenvalue weighted by Crippen LogP contribution is -2.02. The second-order valence-corrected chi connectivity index (χ2v) is 7.89. The van der Waals surface area contributed by atoms with Gasteiger partial charge in [0.15, 0.2) is 5.82 Å². The van der Waals surface area contributed by atoms with Crippen LogP contribution in [0.5, 0.6) is 5.75 Å². The van der Waals surface area contributed by atoms with E-state index in [1.165, 1.54) is 5.56 Å². The van der Waals surface area contributed by atoms with Gasteiger partial charge in [0.1, 0.15) is 5.75 Å². The van der Waals surface area contributed by atoms with Crippen molar-refractivity contribution in [3.63, 3.8) is 0 Å². The van der Waals surface area contributed by atoms with Crippen molar-refractivity contribution in [3.05, 3.63) is 70.5 Å². The van der Waals surface area contributed by atoms with Crippen LogP contribution in [-0.2, 0) is 12.2 Å². The summed E-state index contributed by atoms with van der Waals surface area (Å²) in [6, 6.07) is 15.8. The molecule has 0 N–H and O–H groups in total. The number of hydrogen-bond acceptors (Lipinski definition) is 5. The molecule has 2 aromatic carbocycles. The SMILES string of the molecule is CCCOc1ccccc1/C=N/n1c(CCC)nnc1SCc1ccc(Cl)cc1. The lowest BCUT2D eigenvalue weighted by Gasteiger charge is -2.08. The maximum Gasteiger partial charge on any atom is 0.212 e. The molecule has 1 aromatic heterocycles. The Morgan fingerprint density at radius 3 is 2.62 bits per heavy atom. The molecule has 0 bridgehead atoms. The topological polar surface area (TPSA) is 52.3 Å². The molecule has 0 spiro atoms. The zero-order chi connectivity index (χ0) is 20.5. The largest absolute Gasteiger partial charge is 0.493 e. The smallest absolute Gasteiger partial charge is 0.212 e. The van der Waals surface area contributed by atoms with Gasteiger partial charge in [-0.2, -0.15) is 9.78 Å². The summed E-state index contributed by atoms with van der Waals surface area (Å²) >= 11 is 7.58. The fraction of sp³-hybridized carbons (Fsp3) is 0.318. The second-order valence-electron chi connectivity index (χ2n) is 6.51. The molecule has 3 aromatic rings. The van der Waals surface area contributed by atoms with Crippen LogP contribution in [0.15, 0.2) is 58.8 Å². The van der Waals surface area contributed by atoms with Crippen molar-refractivity contribution in [1.29, 1.82) is 0 Å². The number of hydrogen-bond donors (Lipinski definition) is 0. The van der Waals surface area contributed by atoms with Crippen LogP contribution in [0.3, 0.4) is 0 Å². The van der Waals surface area contributed by atoms with Crippen molar-refractivity contribution in [2.24, 2.45) is 5.10 Å². The summed E-state index contributed by atoms with van der Waals surface area (Å²) in [5.41, 5.74) is 2.11. The molecule has 7 heteroatoms. The van der Waals surface area contributed by atoms with Gasteiger partial charge in [-0.15, -0.1) is 10.2 Å². The summed E-state index contributed by atoms with van der Waals surface area (Å²) < 4.78 is 7.67. The van der Waals surface area contributed by atoms with Gasteiger partial charge in [-0.1, -0.05) is 61.5 Å². The molecule has 0 aliphatic heterocycles. The number of rotatable bonds is 10. The average molecular weight is 429 g/mol. The fourth-order valence-electron chi connectivity index (χ4n) is 2.66. The molecule has 0 saturated carbocycles. The van der Waals surface area contributed by atoms with Gasteiger partial charge in [0.2, 0.25) is 5.16 Å². The Balaban J connectivity index is 1.81. The molecule has 29 heavy (non-hydrogen) atoms. The zero-order valence-electron chi connectivity index (χ0n) is 16.7. The van der Waals surface area contributed by atoms with Gasteiger partial charge < -0.3 is 4.74 Å². The Kier molecular flexibility index (Phi) is 8.14. The van der Waals surface area contributed by atoms with Crippen LogP contribution in [0.25, 0.3) is 0 Å². The highest BCUT2D eigenvalue weighted by molar-refractivity contribution is 7.98. The predicted molar refractivity (Wildman–Crippen MR) is 120 cm³/mol. The zero-order valence-corrected chi connectivity index (χ0v) is 18.3. The first-order valence-electron chi connectivity index (χ1n) is 9.79. The Morgan fingerprint density at radius 2 is 1.86 bits per heavy atom. The number of benzene rings is 2. The lowest BCUT2D eigenvalue weighted by molar-refractivity contribution is 0.317. The van der Waals surface area contributed by atoms with Gasteiger partial charge in [-0.3, -0.25) is 0 Å². The maximum atomic E-state index is 5.97. The standard InChI is InChI=1S/C22H25ClN4OS/c1-3-7-21-25-26-22(29-16-17-10-12-19(23)13-11-17)27(21)24-15-18-8-5-6-9-20(18)28-14-4-2/h5-6,8-13,15H,3-4,7,14,16H2,1-2H3/b24-15+. The molecule has 0 atom stereocenters. The summed E-state index contributed by atoms with van der Waals surface area (Å²) in [5, 5.41) is 14.9. The molecule has 0 radical (unpaired) electrons. The quantitative estimate of drug-likeness (QED) is 0.300. The number of aromatic nitrogens is 3. The highest BCUT2D eigenvalue weighted by Gasteiger charge is 2.12. The van der Waals surface area contributed by atoms with E-state index < -0.39 is 0 Å². The van der Waals surface area contributed by atoms with E-state index in [4.69, 9.17) is 21.4 Å². The predicted octanol–water partition coefficient (Wildman–Crippen LogP) is 5.85. The summed E-state index contributed by atoms with van der Waals surface area (Å²) in [6.07, 6.45) is 4.58. The van der Waals surface area contributed by atoms with Gasteiger partial charge in [0.05, 0.1) is 12.8 Å². The molecule has 0 amide bonds. The van der Waals surface area contributed by atoms with E-state index in [1.807, 2.05) is 59.4 Å². The molecule has 5 nitrogen and oxygen atoms in total. The third kappa shape index (κ3) is 6.08. The number of para-hydroxylation sites is 1. The van der Waals surface area contributed by atoms with Crippen molar-refractivity contribution in [3.8, 4) is 5.75 Å². The van der Waals surface area contributed by atoms with Crippen molar-refractivity contribution < 1.29 is 4.74 Å². The summed E-state index contributed by atoms with van der Waals surface area (Å²) in [5.74, 6) is 2.46. The number of aryl methyl sites for hydroxylation is 1. The van der Waals surface area contributed by atoms with Crippen molar-refractivity contribution in [2.75, 3.05) is 6.61 Å². The van der Waals surface area contributed by atoms with Crippen LogP contribution in [0.1, 0.15) is 43.6 Å². The normalized spacial score (nSPS) is 11.3. The van der Waals surface area contributed by atoms with Crippen LogP contribution in [0.2, 0.25) is 5.02 Å². The van der Waals surface area contributed by atoms with Crippen molar-refractivity contribution >= 4 is 29.6 Å². The minimum absolute atomic E-state index is 0.681. The highest BCUT2D eigenvalue weighted by atomic mass is 35.5. The number of nitrogens with zero attached hydrogens (tertiary/aromatic N) is 4. The first-order chi connectivity index (χ1) is 14.2. The molecule has 0 fully saturated rings. The molecule has 0 aliphatic carbocycles. The monoisotopic (exact) mass is 428 g/mol. The van der Waals surface area contributed by atoms with E-state index in [2.05, 4.69) is 24.0 Å². The first-order valence-corrected chi connectivity index (χ1v) is 11.1. The van der Waals surface area contributed by atoms with E-state index in [-0.39, 0.29) is 0 Å². The van der Waals surface area contributed by atoms with Crippen LogP contribution in [0.4, 0.5) is 0 Å². The van der Waals surface area contributed by atoms with Crippen LogP contribution < -0.4 is 4.74 Å². The third-order valence-corrected chi connectivity index (χ3v) is 5.37. The highest BCUT2D eigenvalue weighted by Crippen LogP contribution is 2.24. The van der Waals surface area contributed by atoms with Gasteiger partial charge in [0.25, 0.3) is 0 Å². The minimum Gasteiger partial charge on any atom is -0.493 e. The molecule has 0 unspecified atom stereocenters. The fourth-order valence-corrected chi connectivity index (χ4v) is 3.65. The summed E-state index contributed by atoms with van der Waals surface area (Å²) in [7, 11) is 0. The van der Waals surface area contributed by atoms with E-state index in [9.17, 15) is 0 Å². The lowest BCUT2D eigenvalue weighted by atomic mass is 10.2. The molecular formula is C22H25ClN4OS. The minimum atomic E-state index is 0.681. The van der Waals surface area contributed by atoms with E-state index in [1.54, 1.807) is 11.8 Å². The van der Waals surface area contributed by atoms with Crippen molar-refractivity contribution in [2.45, 2.75) is 44.0 Å². The molecule has 152 valence electrons. The average Bonchev–Trinajstić information content (AvgIpc) is 3.12. The number of halogens is 1. The third-order valence-electron chi connectivity index (χ3n) is 4.12. The number of thioether (sulfide) groups is 1. The molecule has 0 saturated heterocycles. The molecule has 3 rings (SSSR count). The van der Waals surface area contributed by atoms with Crippen molar-refractivity contribution in [1.82, 2.24) is 14.9 Å². The van der Waals surface area contributed by atoms with E-state index in [0.29, 0.717) is 6.61 Å². The maximum absolute atomic E-state index is 5.97. The summed E-state index contributed by atoms with van der Waals surface area (Å²) in [4.78, 5) is 0. The van der Waals surface area contributed by atoms with Crippen LogP contribution >= 0.6 is 23.4 Å². The summed E-state index contributed by atoms with van der Waals surface area (Å²) in [6.45, 7) is 4.90. The van der Waals surface area contributed by atoms with Crippen LogP contribution in [0, 0.1) is 0 Å². The van der Waals surface area contributed by atoms with Gasteiger partial charge >= 0.3 is 0 Å². The van der Waals surface area contributed by atoms with Gasteiger partial charge in [-0.25, -0.2) is 0 Å². The number of ether oxygens (including phenoxy) is 1. The van der Waals surface area contributed by atoms with E-state index >= 15 is 0 Å². The Morgan fingerprint density at radius 1 is 1.07 bits per heavy atom.